The van der Waals surface area contributed by atoms with Crippen LogP contribution in [0.3, 0.4) is 0 Å². The van der Waals surface area contributed by atoms with E-state index in [1.165, 1.54) is 38.4 Å². The van der Waals surface area contributed by atoms with E-state index in [1.807, 2.05) is 35.2 Å². The van der Waals surface area contributed by atoms with Crippen LogP contribution in [0.25, 0.3) is 0 Å². The summed E-state index contributed by atoms with van der Waals surface area (Å²) in [6.45, 7) is 10.6. The molecule has 252 valence electrons. The number of sulfonamides is 1. The predicted molar refractivity (Wildman–Crippen MR) is 181 cm³/mol. The minimum atomic E-state index is -3.32. The third-order valence-electron chi connectivity index (χ3n) is 13.7. The summed E-state index contributed by atoms with van der Waals surface area (Å²) in [5.74, 6) is 3.62. The second-order valence-electron chi connectivity index (χ2n) is 16.4. The van der Waals surface area contributed by atoms with Crippen molar-refractivity contribution < 1.29 is 22.7 Å². The molecule has 11 atom stereocenters. The first-order chi connectivity index (χ1) is 21.9. The molecule has 0 N–H and O–H groups in total. The number of likely N-dealkylation sites (tertiary alicyclic amines) is 1. The molecule has 2 heterocycles. The van der Waals surface area contributed by atoms with E-state index in [1.54, 1.807) is 17.4 Å². The quantitative estimate of drug-likeness (QED) is 0.245. The molecule has 1 aromatic carbocycles. The minimum Gasteiger partial charge on any atom is -0.445 e. The van der Waals surface area contributed by atoms with Crippen LogP contribution in [0.2, 0.25) is 0 Å². The van der Waals surface area contributed by atoms with Gasteiger partial charge in [0.15, 0.2) is 0 Å². The van der Waals surface area contributed by atoms with Crippen molar-refractivity contribution in [1.82, 2.24) is 4.90 Å². The fraction of sp³-hybridized carbons (Fsp3) is 0.737. The number of hydrogen-bond donors (Lipinski definition) is 0. The summed E-state index contributed by atoms with van der Waals surface area (Å²) in [7, 11) is -3.32. The monoisotopic (exact) mass is 650 g/mol. The molecule has 2 saturated heterocycles. The highest BCUT2D eigenvalue weighted by molar-refractivity contribution is 7.89. The maximum atomic E-state index is 13.6. The lowest BCUT2D eigenvalue weighted by molar-refractivity contribution is -0.0803. The molecule has 3 saturated carbocycles. The number of benzene rings is 1. The molecule has 0 bridgehead atoms. The maximum absolute atomic E-state index is 13.6. The Morgan fingerprint density at radius 1 is 1.11 bits per heavy atom. The van der Waals surface area contributed by atoms with Gasteiger partial charge in [0.05, 0.1) is 24.0 Å². The standard InChI is InChI=1S/C38H54N2O5S/c1-24-17-34-35(40(22-24)36(41)44-23-27-9-7-6-8-10-27)26(3)38(45-34)16-14-30-31-12-11-29-18-28(21-39-46(5,42)43)13-15-37(29,4)33(31)19-32(30)25(2)20-38/h6-10,21,24,26,28-31,33-35H,11-20,22-23H2,1-5H3/t24-,26+,28?,29+,30-,31-,33-,34+,35-,37-,38-/m0/s1. The van der Waals surface area contributed by atoms with Gasteiger partial charge in [-0.25, -0.2) is 13.2 Å². The van der Waals surface area contributed by atoms with Gasteiger partial charge in [-0.15, -0.1) is 0 Å². The average Bonchev–Trinajstić information content (AvgIpc) is 3.48. The van der Waals surface area contributed by atoms with Crippen LogP contribution in [-0.2, 0) is 26.1 Å². The lowest BCUT2D eigenvalue weighted by Gasteiger charge is -2.54. The van der Waals surface area contributed by atoms with E-state index in [0.29, 0.717) is 35.7 Å². The van der Waals surface area contributed by atoms with Crippen LogP contribution in [0.5, 0.6) is 0 Å². The van der Waals surface area contributed by atoms with E-state index >= 15 is 0 Å². The first-order valence-corrected chi connectivity index (χ1v) is 19.8. The molecule has 1 aromatic rings. The fourth-order valence-corrected chi connectivity index (χ4v) is 11.8. The highest BCUT2D eigenvalue weighted by atomic mass is 32.2. The highest BCUT2D eigenvalue weighted by Gasteiger charge is 2.61. The van der Waals surface area contributed by atoms with Crippen LogP contribution in [0.4, 0.5) is 4.79 Å². The molecule has 1 unspecified atom stereocenters. The zero-order chi connectivity index (χ0) is 32.4. The van der Waals surface area contributed by atoms with Crippen LogP contribution < -0.4 is 0 Å². The molecular weight excluding hydrogens is 596 g/mol. The molecule has 8 heteroatoms. The molecular formula is C38H54N2O5S. The number of ether oxygens (including phenoxy) is 2. The lowest BCUT2D eigenvalue weighted by atomic mass is 9.51. The van der Waals surface area contributed by atoms with Crippen LogP contribution in [0, 0.1) is 46.8 Å². The first kappa shape index (κ1) is 32.4. The second-order valence-corrected chi connectivity index (χ2v) is 18.1. The van der Waals surface area contributed by atoms with Gasteiger partial charge in [-0.05, 0) is 118 Å². The number of carbonyl (C=O) groups excluding carboxylic acids is 1. The zero-order valence-corrected chi connectivity index (χ0v) is 29.3. The van der Waals surface area contributed by atoms with E-state index < -0.39 is 10.0 Å². The Kier molecular flexibility index (Phi) is 8.48. The number of amides is 1. The van der Waals surface area contributed by atoms with E-state index in [9.17, 15) is 13.2 Å². The van der Waals surface area contributed by atoms with Gasteiger partial charge in [-0.2, -0.15) is 4.40 Å². The maximum Gasteiger partial charge on any atom is 0.410 e. The number of rotatable bonds is 4. The average molecular weight is 651 g/mol. The number of nitrogens with zero attached hydrogens (tertiary/aromatic N) is 2. The largest absolute Gasteiger partial charge is 0.445 e. The second kappa shape index (κ2) is 12.0. The SMILES string of the molecule is CC1=C2C[C@H]3[C@@H](CC[C@@H]4CC(C=NS(C)(=O)=O)CC[C@@]43C)[C@@H]2CC[C@@]2(C1)O[C@@H]1C[C@H](C)CN(C(=O)OCc3ccccc3)[C@H]1[C@H]2C. The Hall–Kier alpha value is -2.19. The van der Waals surface area contributed by atoms with E-state index in [4.69, 9.17) is 9.47 Å². The Bertz CT molecular complexity index is 1490. The lowest BCUT2D eigenvalue weighted by Crippen LogP contribution is -2.54. The van der Waals surface area contributed by atoms with E-state index in [-0.39, 0.29) is 35.7 Å². The van der Waals surface area contributed by atoms with Crippen LogP contribution in [-0.4, -0.2) is 56.2 Å². The highest BCUT2D eigenvalue weighted by Crippen LogP contribution is 2.65. The minimum absolute atomic E-state index is 0.0544. The van der Waals surface area contributed by atoms with Gasteiger partial charge in [0.25, 0.3) is 0 Å². The Labute approximate surface area is 276 Å². The molecule has 6 aliphatic rings. The van der Waals surface area contributed by atoms with Crippen molar-refractivity contribution in [3.8, 4) is 0 Å². The summed E-state index contributed by atoms with van der Waals surface area (Å²) in [6, 6.07) is 10.0. The first-order valence-electron chi connectivity index (χ1n) is 18.0. The van der Waals surface area contributed by atoms with Gasteiger partial charge >= 0.3 is 6.09 Å². The smallest absolute Gasteiger partial charge is 0.410 e. The van der Waals surface area contributed by atoms with Gasteiger partial charge in [0, 0.05) is 18.7 Å². The Morgan fingerprint density at radius 3 is 2.65 bits per heavy atom. The molecule has 1 amide bonds. The summed E-state index contributed by atoms with van der Waals surface area (Å²) in [5.41, 5.74) is 4.36. The van der Waals surface area contributed by atoms with Crippen LogP contribution in [0.1, 0.15) is 97.5 Å². The summed E-state index contributed by atoms with van der Waals surface area (Å²) in [6.07, 6.45) is 14.0. The molecule has 7 rings (SSSR count). The molecule has 2 aliphatic heterocycles. The number of carbonyl (C=O) groups is 1. The number of fused-ring (bicyclic) bond motifs is 6. The van der Waals surface area contributed by atoms with Crippen LogP contribution in [0.15, 0.2) is 45.9 Å². The summed E-state index contributed by atoms with van der Waals surface area (Å²) < 4.78 is 40.3. The predicted octanol–water partition coefficient (Wildman–Crippen LogP) is 7.81. The molecule has 1 spiro atoms. The van der Waals surface area contributed by atoms with Crippen LogP contribution >= 0.6 is 0 Å². The summed E-state index contributed by atoms with van der Waals surface area (Å²) in [5, 5.41) is 0. The number of hydrogen-bond acceptors (Lipinski definition) is 5. The normalized spacial score (nSPS) is 42.4. The number of allylic oxidation sites excluding steroid dienone is 1. The molecule has 5 fully saturated rings. The van der Waals surface area contributed by atoms with Crippen molar-refractivity contribution in [2.24, 2.45) is 51.2 Å². The van der Waals surface area contributed by atoms with Crippen molar-refractivity contribution in [2.75, 3.05) is 12.8 Å². The van der Waals surface area contributed by atoms with Crippen molar-refractivity contribution in [3.63, 3.8) is 0 Å². The molecule has 46 heavy (non-hydrogen) atoms. The zero-order valence-electron chi connectivity index (χ0n) is 28.5. The molecule has 7 nitrogen and oxygen atoms in total. The van der Waals surface area contributed by atoms with Gasteiger partial charge < -0.3 is 14.4 Å². The van der Waals surface area contributed by atoms with E-state index in [0.717, 1.165) is 50.1 Å². The van der Waals surface area contributed by atoms with E-state index in [2.05, 4.69) is 32.1 Å². The third-order valence-corrected chi connectivity index (χ3v) is 14.2. The Balaban J connectivity index is 1.07. The molecule has 4 aliphatic carbocycles. The molecule has 0 radical (unpaired) electrons. The van der Waals surface area contributed by atoms with Gasteiger partial charge in [0.1, 0.15) is 6.61 Å². The molecule has 0 aromatic heterocycles. The fourth-order valence-electron chi connectivity index (χ4n) is 11.4. The van der Waals surface area contributed by atoms with Gasteiger partial charge in [-0.3, -0.25) is 0 Å². The third kappa shape index (κ3) is 5.77. The number of piperidine rings is 1. The Morgan fingerprint density at radius 2 is 1.89 bits per heavy atom. The summed E-state index contributed by atoms with van der Waals surface area (Å²) >= 11 is 0. The van der Waals surface area contributed by atoms with Gasteiger partial charge in [-0.1, -0.05) is 62.2 Å². The summed E-state index contributed by atoms with van der Waals surface area (Å²) in [4.78, 5) is 15.6. The van der Waals surface area contributed by atoms with Crippen molar-refractivity contribution in [2.45, 2.75) is 116 Å². The topological polar surface area (TPSA) is 85.3 Å². The van der Waals surface area contributed by atoms with Crippen molar-refractivity contribution >= 4 is 22.3 Å². The van der Waals surface area contributed by atoms with Gasteiger partial charge in [0.2, 0.25) is 10.0 Å². The van der Waals surface area contributed by atoms with Crippen molar-refractivity contribution in [1.29, 1.82) is 0 Å². The van der Waals surface area contributed by atoms with Crippen molar-refractivity contribution in [3.05, 3.63) is 47.0 Å².